The lowest BCUT2D eigenvalue weighted by molar-refractivity contribution is -0.231. The fourth-order valence-corrected chi connectivity index (χ4v) is 12.6. The van der Waals surface area contributed by atoms with Crippen molar-refractivity contribution < 1.29 is 23.9 Å². The first kappa shape index (κ1) is 33.0. The third kappa shape index (κ3) is 5.03. The minimum atomic E-state index is -0.625. The SMILES string of the molecule is CC(=O)O[C@H]1CC[C@@]2(C)C(CC[C@]3(C)C2CCC2C4=C(C(C)C)C(=O)C[C@]4(NC(=O)OCCN4CCCC4)CC[C@]23C)C1(C)C. The molecule has 0 radical (unpaired) electrons. The molecular formula is C38H60N2O5. The summed E-state index contributed by atoms with van der Waals surface area (Å²) in [6.07, 6.45) is 10.7. The van der Waals surface area contributed by atoms with Crippen LogP contribution in [-0.4, -0.2) is 60.6 Å². The summed E-state index contributed by atoms with van der Waals surface area (Å²) in [7, 11) is 0. The zero-order valence-corrected chi connectivity index (χ0v) is 29.5. The van der Waals surface area contributed by atoms with Crippen molar-refractivity contribution in [2.75, 3.05) is 26.2 Å². The van der Waals surface area contributed by atoms with Crippen LogP contribution in [0.3, 0.4) is 0 Å². The minimum Gasteiger partial charge on any atom is -0.462 e. The molecule has 252 valence electrons. The number of ether oxygens (including phenoxy) is 2. The fourth-order valence-electron chi connectivity index (χ4n) is 12.6. The number of nitrogens with one attached hydrogen (secondary N) is 1. The van der Waals surface area contributed by atoms with Gasteiger partial charge in [0.15, 0.2) is 5.78 Å². The highest BCUT2D eigenvalue weighted by molar-refractivity contribution is 6.02. The Morgan fingerprint density at radius 1 is 0.911 bits per heavy atom. The van der Waals surface area contributed by atoms with Crippen LogP contribution in [0.15, 0.2) is 11.1 Å². The van der Waals surface area contributed by atoms with E-state index in [4.69, 9.17) is 9.47 Å². The number of carbonyl (C=O) groups is 3. The van der Waals surface area contributed by atoms with Crippen LogP contribution in [0.2, 0.25) is 0 Å². The minimum absolute atomic E-state index is 0.0240. The molecule has 1 saturated heterocycles. The first-order chi connectivity index (χ1) is 21.1. The molecule has 0 spiro atoms. The topological polar surface area (TPSA) is 84.9 Å². The zero-order valence-electron chi connectivity index (χ0n) is 29.5. The Bertz CT molecular complexity index is 1250. The number of ketones is 1. The first-order valence-electron chi connectivity index (χ1n) is 18.2. The Hall–Kier alpha value is -1.89. The van der Waals surface area contributed by atoms with Gasteiger partial charge in [0, 0.05) is 25.3 Å². The van der Waals surface area contributed by atoms with Crippen LogP contribution in [0.4, 0.5) is 4.79 Å². The van der Waals surface area contributed by atoms with Gasteiger partial charge in [-0.2, -0.15) is 0 Å². The van der Waals surface area contributed by atoms with Crippen molar-refractivity contribution in [3.8, 4) is 0 Å². The van der Waals surface area contributed by atoms with Crippen molar-refractivity contribution in [1.82, 2.24) is 10.2 Å². The Balaban J connectivity index is 1.29. The Morgan fingerprint density at radius 3 is 2.29 bits per heavy atom. The quantitative estimate of drug-likeness (QED) is 0.309. The molecule has 45 heavy (non-hydrogen) atoms. The molecule has 5 aliphatic carbocycles. The molecule has 0 aromatic carbocycles. The lowest BCUT2D eigenvalue weighted by atomic mass is 9.33. The van der Waals surface area contributed by atoms with Gasteiger partial charge in [0.1, 0.15) is 12.7 Å². The van der Waals surface area contributed by atoms with Crippen LogP contribution in [0.25, 0.3) is 0 Å². The Kier molecular flexibility index (Phi) is 8.35. The largest absolute Gasteiger partial charge is 0.462 e. The van der Waals surface area contributed by atoms with E-state index in [1.165, 1.54) is 18.4 Å². The number of alkyl carbamates (subject to hydrolysis) is 1. The van der Waals surface area contributed by atoms with Crippen LogP contribution in [0, 0.1) is 45.3 Å². The van der Waals surface area contributed by atoms with Gasteiger partial charge in [0.05, 0.1) is 5.54 Å². The van der Waals surface area contributed by atoms with Crippen LogP contribution < -0.4 is 5.32 Å². The Morgan fingerprint density at radius 2 is 1.62 bits per heavy atom. The molecule has 4 saturated carbocycles. The van der Waals surface area contributed by atoms with Gasteiger partial charge in [-0.1, -0.05) is 48.5 Å². The van der Waals surface area contributed by atoms with Crippen molar-refractivity contribution >= 4 is 17.8 Å². The summed E-state index contributed by atoms with van der Waals surface area (Å²) in [5.74, 6) is 1.52. The van der Waals surface area contributed by atoms with E-state index in [0.717, 1.165) is 76.6 Å². The third-order valence-electron chi connectivity index (χ3n) is 14.9. The molecule has 0 bridgehead atoms. The van der Waals surface area contributed by atoms with Crippen molar-refractivity contribution in [3.63, 3.8) is 0 Å². The number of nitrogens with zero attached hydrogens (tertiary/aromatic N) is 1. The van der Waals surface area contributed by atoms with E-state index in [-0.39, 0.29) is 57.4 Å². The van der Waals surface area contributed by atoms with Crippen molar-refractivity contribution in [1.29, 1.82) is 0 Å². The molecule has 7 heteroatoms. The average molecular weight is 625 g/mol. The second kappa shape index (κ2) is 11.4. The van der Waals surface area contributed by atoms with E-state index < -0.39 is 5.54 Å². The highest BCUT2D eigenvalue weighted by Crippen LogP contribution is 2.75. The van der Waals surface area contributed by atoms with Gasteiger partial charge in [0.25, 0.3) is 0 Å². The van der Waals surface area contributed by atoms with E-state index in [2.05, 4.69) is 58.7 Å². The van der Waals surface area contributed by atoms with Gasteiger partial charge >= 0.3 is 12.1 Å². The van der Waals surface area contributed by atoms with Gasteiger partial charge < -0.3 is 14.8 Å². The second-order valence-corrected chi connectivity index (χ2v) is 17.5. The number of allylic oxidation sites excluding steroid dienone is 1. The summed E-state index contributed by atoms with van der Waals surface area (Å²) in [4.78, 5) is 41.6. The Labute approximate surface area is 272 Å². The maximum absolute atomic E-state index is 13.8. The molecule has 8 atom stereocenters. The van der Waals surface area contributed by atoms with Crippen LogP contribution in [0.5, 0.6) is 0 Å². The molecule has 1 heterocycles. The summed E-state index contributed by atoms with van der Waals surface area (Å²) in [5, 5.41) is 3.35. The second-order valence-electron chi connectivity index (χ2n) is 17.5. The predicted octanol–water partition coefficient (Wildman–Crippen LogP) is 7.47. The maximum Gasteiger partial charge on any atom is 0.407 e. The van der Waals surface area contributed by atoms with E-state index in [1.807, 2.05) is 0 Å². The van der Waals surface area contributed by atoms with Gasteiger partial charge in [-0.15, -0.1) is 0 Å². The molecule has 1 aliphatic heterocycles. The number of hydrogen-bond acceptors (Lipinski definition) is 6. The molecule has 5 fully saturated rings. The lowest BCUT2D eigenvalue weighted by Gasteiger charge is -2.72. The molecular weight excluding hydrogens is 564 g/mol. The highest BCUT2D eigenvalue weighted by atomic mass is 16.6. The first-order valence-corrected chi connectivity index (χ1v) is 18.2. The number of hydrogen-bond donors (Lipinski definition) is 1. The number of amides is 1. The monoisotopic (exact) mass is 624 g/mol. The molecule has 1 N–H and O–H groups in total. The van der Waals surface area contributed by atoms with Crippen molar-refractivity contribution in [2.24, 2.45) is 45.3 Å². The predicted molar refractivity (Wildman–Crippen MR) is 175 cm³/mol. The van der Waals surface area contributed by atoms with Gasteiger partial charge in [-0.3, -0.25) is 14.5 Å². The molecule has 1 amide bonds. The summed E-state index contributed by atoms with van der Waals surface area (Å²) in [6.45, 7) is 21.5. The van der Waals surface area contributed by atoms with Crippen LogP contribution in [0.1, 0.15) is 126 Å². The maximum atomic E-state index is 13.8. The number of likely N-dealkylation sites (tertiary alicyclic amines) is 1. The summed E-state index contributed by atoms with van der Waals surface area (Å²) in [6, 6.07) is 0. The molecule has 6 rings (SSSR count). The lowest BCUT2D eigenvalue weighted by Crippen LogP contribution is -2.67. The van der Waals surface area contributed by atoms with E-state index in [0.29, 0.717) is 24.9 Å². The number of carbonyl (C=O) groups excluding carboxylic acids is 3. The molecule has 6 aliphatic rings. The fraction of sp³-hybridized carbons (Fsp3) is 0.868. The third-order valence-corrected chi connectivity index (χ3v) is 14.9. The average Bonchev–Trinajstić information content (AvgIpc) is 3.56. The van der Waals surface area contributed by atoms with Crippen molar-refractivity contribution in [3.05, 3.63) is 11.1 Å². The van der Waals surface area contributed by atoms with E-state index in [9.17, 15) is 14.4 Å². The molecule has 0 aromatic rings. The zero-order chi connectivity index (χ0) is 32.6. The van der Waals surface area contributed by atoms with Crippen LogP contribution >= 0.6 is 0 Å². The number of esters is 1. The van der Waals surface area contributed by atoms with Crippen LogP contribution in [-0.2, 0) is 19.1 Å². The van der Waals surface area contributed by atoms with Gasteiger partial charge in [0.2, 0.25) is 0 Å². The van der Waals surface area contributed by atoms with Crippen molar-refractivity contribution in [2.45, 2.75) is 138 Å². The van der Waals surface area contributed by atoms with E-state index in [1.54, 1.807) is 6.92 Å². The van der Waals surface area contributed by atoms with E-state index >= 15 is 0 Å². The van der Waals surface area contributed by atoms with Gasteiger partial charge in [-0.05, 0) is 128 Å². The van der Waals surface area contributed by atoms with Gasteiger partial charge in [-0.25, -0.2) is 4.79 Å². The molecule has 7 nitrogen and oxygen atoms in total. The summed E-state index contributed by atoms with van der Waals surface area (Å²) >= 11 is 0. The number of rotatable bonds is 6. The standard InChI is InChI=1S/C38H60N2O5/c1-24(2)31-27(42)23-38(39-33(43)44-22-21-40-19-9-10-20-40)18-17-36(7)26(32(31)38)11-12-29-35(6)15-14-30(45-25(3)41)34(4,5)28(35)13-16-37(29,36)8/h24,26,28-30H,9-23H2,1-8H3,(H,39,43)/t26?,28?,29?,30-,35-,36+,37+,38+/m0/s1. The molecule has 0 aromatic heterocycles. The summed E-state index contributed by atoms with van der Waals surface area (Å²) < 4.78 is 11.7. The number of Topliss-reactive ketones (excluding diaryl/α,β-unsaturated/α-hetero) is 1. The normalized spacial score (nSPS) is 42.5. The molecule has 3 unspecified atom stereocenters. The highest BCUT2D eigenvalue weighted by Gasteiger charge is 2.70. The summed E-state index contributed by atoms with van der Waals surface area (Å²) in [5.41, 5.74) is 1.87. The number of fused-ring (bicyclic) bond motifs is 7. The smallest absolute Gasteiger partial charge is 0.407 e.